The highest BCUT2D eigenvalue weighted by Crippen LogP contribution is 2.35. The van der Waals surface area contributed by atoms with Crippen LogP contribution in [-0.4, -0.2) is 13.1 Å². The third-order valence-electron chi connectivity index (χ3n) is 3.87. The second-order valence-corrected chi connectivity index (χ2v) is 6.02. The first-order chi connectivity index (χ1) is 9.65. The highest BCUT2D eigenvalue weighted by molar-refractivity contribution is 9.10. The first kappa shape index (κ1) is 13.4. The number of hydrogen-bond acceptors (Lipinski definition) is 2. The van der Waals surface area contributed by atoms with Crippen LogP contribution in [-0.2, 0) is 0 Å². The highest BCUT2D eigenvalue weighted by atomic mass is 79.9. The molecule has 0 spiro atoms. The maximum absolute atomic E-state index is 13.4. The van der Waals surface area contributed by atoms with Gasteiger partial charge in [0.05, 0.1) is 15.8 Å². The molecule has 1 aliphatic heterocycles. The summed E-state index contributed by atoms with van der Waals surface area (Å²) in [6.45, 7) is 1.87. The lowest BCUT2D eigenvalue weighted by atomic mass is 9.99. The third-order valence-corrected chi connectivity index (χ3v) is 4.48. The molecule has 1 fully saturated rings. The Morgan fingerprint density at radius 3 is 2.70 bits per heavy atom. The minimum absolute atomic E-state index is 0.315. The fourth-order valence-electron chi connectivity index (χ4n) is 2.80. The summed E-state index contributed by atoms with van der Waals surface area (Å²) < 4.78 is 13.9. The molecule has 0 bridgehead atoms. The summed E-state index contributed by atoms with van der Waals surface area (Å²) >= 11 is 3.23. The average molecular weight is 335 g/mol. The first-order valence-electron chi connectivity index (χ1n) is 6.69. The molecule has 2 aromatic rings. The number of nitrogens with two attached hydrogens (primary N) is 1. The second kappa shape index (κ2) is 5.44. The Labute approximate surface area is 126 Å². The van der Waals surface area contributed by atoms with Crippen molar-refractivity contribution in [3.05, 3.63) is 58.3 Å². The normalized spacial score (nSPS) is 18.5. The molecular formula is C16H16BrFN2. The smallest absolute Gasteiger partial charge is 0.139 e. The molecule has 2 nitrogen and oxygen atoms in total. The van der Waals surface area contributed by atoms with E-state index in [1.807, 2.05) is 6.07 Å². The molecule has 0 aliphatic carbocycles. The van der Waals surface area contributed by atoms with Crippen LogP contribution in [0.5, 0.6) is 0 Å². The van der Waals surface area contributed by atoms with Crippen molar-refractivity contribution in [2.45, 2.75) is 12.3 Å². The van der Waals surface area contributed by atoms with Gasteiger partial charge < -0.3 is 10.6 Å². The maximum Gasteiger partial charge on any atom is 0.139 e. The van der Waals surface area contributed by atoms with Crippen LogP contribution in [0.1, 0.15) is 17.9 Å². The van der Waals surface area contributed by atoms with Gasteiger partial charge in [0, 0.05) is 25.1 Å². The Morgan fingerprint density at radius 1 is 1.20 bits per heavy atom. The molecule has 104 valence electrons. The van der Waals surface area contributed by atoms with E-state index in [4.69, 9.17) is 5.73 Å². The summed E-state index contributed by atoms with van der Waals surface area (Å²) in [6, 6.07) is 13.7. The van der Waals surface area contributed by atoms with Gasteiger partial charge >= 0.3 is 0 Å². The minimum atomic E-state index is -0.315. The summed E-state index contributed by atoms with van der Waals surface area (Å²) in [7, 11) is 0. The fourth-order valence-corrected chi connectivity index (χ4v) is 3.13. The Hall–Kier alpha value is -1.55. The lowest BCUT2D eigenvalue weighted by molar-refractivity contribution is 0.621. The zero-order valence-electron chi connectivity index (χ0n) is 11.0. The average Bonchev–Trinajstić information content (AvgIpc) is 2.93. The Bertz CT molecular complexity index is 615. The van der Waals surface area contributed by atoms with Crippen LogP contribution in [0, 0.1) is 5.82 Å². The Morgan fingerprint density at radius 2 is 1.95 bits per heavy atom. The van der Waals surface area contributed by atoms with Gasteiger partial charge in [0.2, 0.25) is 0 Å². The van der Waals surface area contributed by atoms with Crippen molar-refractivity contribution in [3.63, 3.8) is 0 Å². The van der Waals surface area contributed by atoms with Crippen molar-refractivity contribution in [3.8, 4) is 0 Å². The van der Waals surface area contributed by atoms with Gasteiger partial charge in [-0.25, -0.2) is 4.39 Å². The first-order valence-corrected chi connectivity index (χ1v) is 7.49. The number of hydrogen-bond donors (Lipinski definition) is 1. The van der Waals surface area contributed by atoms with Gasteiger partial charge in [0.25, 0.3) is 0 Å². The largest absolute Gasteiger partial charge is 0.397 e. The van der Waals surface area contributed by atoms with Crippen LogP contribution in [0.3, 0.4) is 0 Å². The molecular weight excluding hydrogens is 319 g/mol. The number of rotatable bonds is 2. The lowest BCUT2D eigenvalue weighted by Gasteiger charge is -2.21. The molecule has 1 unspecified atom stereocenters. The number of nitrogens with zero attached hydrogens (tertiary/aromatic N) is 1. The molecule has 0 saturated carbocycles. The monoisotopic (exact) mass is 334 g/mol. The van der Waals surface area contributed by atoms with E-state index in [-0.39, 0.29) is 5.82 Å². The molecule has 1 heterocycles. The van der Waals surface area contributed by atoms with E-state index >= 15 is 0 Å². The van der Waals surface area contributed by atoms with Crippen LogP contribution in [0.2, 0.25) is 0 Å². The summed E-state index contributed by atoms with van der Waals surface area (Å²) in [5.74, 6) is 0.199. The van der Waals surface area contributed by atoms with Crippen LogP contribution in [0.15, 0.2) is 46.9 Å². The molecule has 2 aromatic carbocycles. The molecule has 0 amide bonds. The molecule has 20 heavy (non-hydrogen) atoms. The van der Waals surface area contributed by atoms with Gasteiger partial charge in [-0.3, -0.25) is 0 Å². The van der Waals surface area contributed by atoms with Crippen molar-refractivity contribution in [2.75, 3.05) is 23.7 Å². The second-order valence-electron chi connectivity index (χ2n) is 5.17. The zero-order valence-corrected chi connectivity index (χ0v) is 12.6. The minimum Gasteiger partial charge on any atom is -0.397 e. The number of anilines is 2. The van der Waals surface area contributed by atoms with E-state index in [9.17, 15) is 4.39 Å². The molecule has 1 aliphatic rings. The van der Waals surface area contributed by atoms with Crippen molar-refractivity contribution < 1.29 is 4.39 Å². The van der Waals surface area contributed by atoms with Gasteiger partial charge in [-0.1, -0.05) is 30.3 Å². The SMILES string of the molecule is Nc1cc(F)c(Br)cc1N1CCC(c2ccccc2)C1. The molecule has 0 radical (unpaired) electrons. The maximum atomic E-state index is 13.4. The summed E-state index contributed by atoms with van der Waals surface area (Å²) in [5.41, 5.74) is 8.72. The lowest BCUT2D eigenvalue weighted by Crippen LogP contribution is -2.20. The van der Waals surface area contributed by atoms with Gasteiger partial charge in [-0.05, 0) is 34.0 Å². The molecule has 4 heteroatoms. The van der Waals surface area contributed by atoms with Crippen molar-refractivity contribution in [1.29, 1.82) is 0 Å². The van der Waals surface area contributed by atoms with Crippen LogP contribution >= 0.6 is 15.9 Å². The Balaban J connectivity index is 1.82. The number of benzene rings is 2. The van der Waals surface area contributed by atoms with Crippen LogP contribution in [0.4, 0.5) is 15.8 Å². The van der Waals surface area contributed by atoms with Crippen molar-refractivity contribution in [1.82, 2.24) is 0 Å². The number of nitrogen functional groups attached to an aromatic ring is 1. The van der Waals surface area contributed by atoms with Crippen molar-refractivity contribution >= 4 is 27.3 Å². The molecule has 0 aromatic heterocycles. The standard InChI is InChI=1S/C16H16BrFN2/c17-13-8-16(15(19)9-14(13)18)20-7-6-12(10-20)11-4-2-1-3-5-11/h1-5,8-9,12H,6-7,10,19H2. The fraction of sp³-hybridized carbons (Fsp3) is 0.250. The summed E-state index contributed by atoms with van der Waals surface area (Å²) in [6.07, 6.45) is 1.10. The molecule has 1 saturated heterocycles. The van der Waals surface area contributed by atoms with Crippen molar-refractivity contribution in [2.24, 2.45) is 0 Å². The quantitative estimate of drug-likeness (QED) is 0.835. The highest BCUT2D eigenvalue weighted by Gasteiger charge is 2.25. The Kier molecular flexibility index (Phi) is 3.66. The summed E-state index contributed by atoms with van der Waals surface area (Å²) in [4.78, 5) is 2.23. The van der Waals surface area contributed by atoms with Gasteiger partial charge in [-0.15, -0.1) is 0 Å². The predicted octanol–water partition coefficient (Wildman–Crippen LogP) is 4.16. The van der Waals surface area contributed by atoms with Gasteiger partial charge in [0.1, 0.15) is 5.82 Å². The van der Waals surface area contributed by atoms with E-state index in [0.717, 1.165) is 25.2 Å². The molecule has 1 atom stereocenters. The topological polar surface area (TPSA) is 29.3 Å². The van der Waals surface area contributed by atoms with Gasteiger partial charge in [-0.2, -0.15) is 0 Å². The van der Waals surface area contributed by atoms with Crippen LogP contribution in [0.25, 0.3) is 0 Å². The van der Waals surface area contributed by atoms with E-state index in [2.05, 4.69) is 45.1 Å². The van der Waals surface area contributed by atoms with E-state index in [1.165, 1.54) is 11.6 Å². The zero-order chi connectivity index (χ0) is 14.1. The van der Waals surface area contributed by atoms with E-state index < -0.39 is 0 Å². The van der Waals surface area contributed by atoms with E-state index in [0.29, 0.717) is 16.1 Å². The van der Waals surface area contributed by atoms with Gasteiger partial charge in [0.15, 0.2) is 0 Å². The number of halogens is 2. The molecule has 2 N–H and O–H groups in total. The predicted molar refractivity (Wildman–Crippen MR) is 84.5 cm³/mol. The van der Waals surface area contributed by atoms with E-state index in [1.54, 1.807) is 6.07 Å². The molecule has 3 rings (SSSR count). The summed E-state index contributed by atoms with van der Waals surface area (Å²) in [5, 5.41) is 0. The van der Waals surface area contributed by atoms with Crippen LogP contribution < -0.4 is 10.6 Å². The third kappa shape index (κ3) is 2.52.